The number of hydrogen-bond donors (Lipinski definition) is 1. The molecule has 112 valence electrons. The molecule has 0 radical (unpaired) electrons. The lowest BCUT2D eigenvalue weighted by atomic mass is 9.98. The van der Waals surface area contributed by atoms with Crippen LogP contribution in [0.2, 0.25) is 0 Å². The Morgan fingerprint density at radius 2 is 2.20 bits per heavy atom. The van der Waals surface area contributed by atoms with Crippen LogP contribution in [0.1, 0.15) is 51.9 Å². The minimum atomic E-state index is -0.246. The van der Waals surface area contributed by atoms with Crippen LogP contribution in [-0.4, -0.2) is 48.3 Å². The third-order valence-corrected chi connectivity index (χ3v) is 5.09. The van der Waals surface area contributed by atoms with E-state index >= 15 is 0 Å². The van der Waals surface area contributed by atoms with Crippen LogP contribution in [0.25, 0.3) is 0 Å². The maximum absolute atomic E-state index is 9.59. The Morgan fingerprint density at radius 1 is 1.35 bits per heavy atom. The van der Waals surface area contributed by atoms with Crippen LogP contribution in [0.3, 0.4) is 0 Å². The first kappa shape index (κ1) is 14.3. The van der Waals surface area contributed by atoms with Crippen LogP contribution in [-0.2, 0) is 4.74 Å². The van der Waals surface area contributed by atoms with Gasteiger partial charge in [0.1, 0.15) is 5.54 Å². The first-order valence-electron chi connectivity index (χ1n) is 8.29. The van der Waals surface area contributed by atoms with Crippen molar-refractivity contribution >= 4 is 0 Å². The van der Waals surface area contributed by atoms with Crippen LogP contribution < -0.4 is 5.32 Å². The van der Waals surface area contributed by atoms with E-state index in [0.29, 0.717) is 18.2 Å². The molecule has 2 aliphatic carbocycles. The van der Waals surface area contributed by atoms with Gasteiger partial charge in [-0.2, -0.15) is 5.26 Å². The van der Waals surface area contributed by atoms with E-state index in [1.54, 1.807) is 0 Å². The lowest BCUT2D eigenvalue weighted by Gasteiger charge is -2.37. The molecular formula is C16H27N3O. The zero-order valence-electron chi connectivity index (χ0n) is 12.6. The van der Waals surface area contributed by atoms with Crippen LogP contribution in [0.4, 0.5) is 0 Å². The van der Waals surface area contributed by atoms with E-state index in [4.69, 9.17) is 4.74 Å². The molecule has 1 heterocycles. The van der Waals surface area contributed by atoms with Crippen molar-refractivity contribution in [3.63, 3.8) is 0 Å². The second-order valence-corrected chi connectivity index (χ2v) is 6.72. The zero-order valence-corrected chi connectivity index (χ0v) is 12.6. The zero-order chi connectivity index (χ0) is 14.0. The highest BCUT2D eigenvalue weighted by Gasteiger charge is 2.44. The Hall–Kier alpha value is -0.630. The molecule has 1 N–H and O–H groups in total. The number of nitrogens with one attached hydrogen (secondary N) is 1. The third kappa shape index (κ3) is 3.16. The lowest BCUT2D eigenvalue weighted by molar-refractivity contribution is -0.00707. The SMILES string of the molecule is CCOC1CCCN(C2CCC(C#N)(NC3CC3)C2)C1. The second-order valence-electron chi connectivity index (χ2n) is 6.72. The van der Waals surface area contributed by atoms with E-state index in [2.05, 4.69) is 23.2 Å². The summed E-state index contributed by atoms with van der Waals surface area (Å²) in [7, 11) is 0. The molecule has 1 aliphatic heterocycles. The largest absolute Gasteiger partial charge is 0.377 e. The topological polar surface area (TPSA) is 48.3 Å². The summed E-state index contributed by atoms with van der Waals surface area (Å²) < 4.78 is 5.80. The van der Waals surface area contributed by atoms with Gasteiger partial charge in [0.05, 0.1) is 12.2 Å². The quantitative estimate of drug-likeness (QED) is 0.835. The van der Waals surface area contributed by atoms with E-state index in [1.165, 1.54) is 32.2 Å². The van der Waals surface area contributed by atoms with E-state index in [1.807, 2.05) is 0 Å². The van der Waals surface area contributed by atoms with Crippen LogP contribution >= 0.6 is 0 Å². The van der Waals surface area contributed by atoms with Gasteiger partial charge in [0.15, 0.2) is 0 Å². The Labute approximate surface area is 122 Å². The minimum Gasteiger partial charge on any atom is -0.377 e. The molecule has 0 aromatic rings. The van der Waals surface area contributed by atoms with Gasteiger partial charge in [-0.15, -0.1) is 0 Å². The van der Waals surface area contributed by atoms with Gasteiger partial charge in [0, 0.05) is 25.2 Å². The average Bonchev–Trinajstić information content (AvgIpc) is 3.17. The molecule has 3 fully saturated rings. The van der Waals surface area contributed by atoms with Crippen molar-refractivity contribution in [3.05, 3.63) is 0 Å². The van der Waals surface area contributed by atoms with Crippen molar-refractivity contribution in [2.75, 3.05) is 19.7 Å². The normalized spacial score (nSPS) is 38.8. The van der Waals surface area contributed by atoms with Gasteiger partial charge in [0.2, 0.25) is 0 Å². The van der Waals surface area contributed by atoms with E-state index in [9.17, 15) is 5.26 Å². The summed E-state index contributed by atoms with van der Waals surface area (Å²) in [4.78, 5) is 2.58. The van der Waals surface area contributed by atoms with Gasteiger partial charge < -0.3 is 4.74 Å². The number of hydrogen-bond acceptors (Lipinski definition) is 4. The molecule has 3 atom stereocenters. The van der Waals surface area contributed by atoms with Crippen LogP contribution in [0.15, 0.2) is 0 Å². The fourth-order valence-corrected chi connectivity index (χ4v) is 3.88. The predicted octanol–water partition coefficient (Wildman–Crippen LogP) is 2.05. The molecule has 3 unspecified atom stereocenters. The molecule has 3 rings (SSSR count). The minimum absolute atomic E-state index is 0.246. The van der Waals surface area contributed by atoms with Gasteiger partial charge in [-0.1, -0.05) is 0 Å². The first-order valence-corrected chi connectivity index (χ1v) is 8.29. The average molecular weight is 277 g/mol. The number of rotatable bonds is 5. The second kappa shape index (κ2) is 6.01. The van der Waals surface area contributed by atoms with Gasteiger partial charge in [-0.05, 0) is 58.4 Å². The van der Waals surface area contributed by atoms with Gasteiger partial charge in [0.25, 0.3) is 0 Å². The predicted molar refractivity (Wildman–Crippen MR) is 78.4 cm³/mol. The third-order valence-electron chi connectivity index (χ3n) is 5.09. The molecule has 4 heteroatoms. The van der Waals surface area contributed by atoms with Crippen molar-refractivity contribution in [1.82, 2.24) is 10.2 Å². The van der Waals surface area contributed by atoms with Crippen molar-refractivity contribution in [2.45, 2.75) is 75.6 Å². The summed E-state index contributed by atoms with van der Waals surface area (Å²) in [5.41, 5.74) is -0.246. The fourth-order valence-electron chi connectivity index (χ4n) is 3.88. The molecule has 0 aromatic carbocycles. The molecule has 0 spiro atoms. The maximum Gasteiger partial charge on any atom is 0.108 e. The molecule has 1 saturated heterocycles. The van der Waals surface area contributed by atoms with Crippen LogP contribution in [0.5, 0.6) is 0 Å². The fraction of sp³-hybridized carbons (Fsp3) is 0.938. The van der Waals surface area contributed by atoms with Gasteiger partial charge in [-0.25, -0.2) is 0 Å². The highest BCUT2D eigenvalue weighted by Crippen LogP contribution is 2.36. The van der Waals surface area contributed by atoms with Crippen molar-refractivity contribution in [1.29, 1.82) is 5.26 Å². The monoisotopic (exact) mass is 277 g/mol. The maximum atomic E-state index is 9.59. The summed E-state index contributed by atoms with van der Waals surface area (Å²) in [5, 5.41) is 13.2. The smallest absolute Gasteiger partial charge is 0.108 e. The Bertz CT molecular complexity index is 374. The highest BCUT2D eigenvalue weighted by atomic mass is 16.5. The van der Waals surface area contributed by atoms with E-state index < -0.39 is 0 Å². The molecular weight excluding hydrogens is 250 g/mol. The summed E-state index contributed by atoms with van der Waals surface area (Å²) in [5.74, 6) is 0. The Morgan fingerprint density at radius 3 is 2.90 bits per heavy atom. The first-order chi connectivity index (χ1) is 9.74. The van der Waals surface area contributed by atoms with Crippen molar-refractivity contribution in [2.24, 2.45) is 0 Å². The van der Waals surface area contributed by atoms with Gasteiger partial charge >= 0.3 is 0 Å². The summed E-state index contributed by atoms with van der Waals surface area (Å²) in [6.45, 7) is 5.13. The van der Waals surface area contributed by atoms with Crippen molar-refractivity contribution < 1.29 is 4.74 Å². The number of piperidine rings is 1. The van der Waals surface area contributed by atoms with Crippen molar-refractivity contribution in [3.8, 4) is 6.07 Å². The molecule has 0 bridgehead atoms. The number of nitrogens with zero attached hydrogens (tertiary/aromatic N) is 2. The molecule has 0 aromatic heterocycles. The number of likely N-dealkylation sites (tertiary alicyclic amines) is 1. The molecule has 3 aliphatic rings. The highest BCUT2D eigenvalue weighted by molar-refractivity contribution is 5.15. The van der Waals surface area contributed by atoms with Gasteiger partial charge in [-0.3, -0.25) is 10.2 Å². The Kier molecular flexibility index (Phi) is 4.30. The standard InChI is InChI=1S/C16H27N3O/c1-2-20-15-4-3-9-19(11-15)14-7-8-16(10-14,12-17)18-13-5-6-13/h13-15,18H,2-11H2,1H3. The Balaban J connectivity index is 1.57. The molecule has 0 amide bonds. The molecule has 20 heavy (non-hydrogen) atoms. The summed E-state index contributed by atoms with van der Waals surface area (Å²) >= 11 is 0. The molecule has 2 saturated carbocycles. The van der Waals surface area contributed by atoms with Crippen LogP contribution in [0, 0.1) is 11.3 Å². The van der Waals surface area contributed by atoms with E-state index in [0.717, 1.165) is 32.4 Å². The molecule has 4 nitrogen and oxygen atoms in total. The number of nitriles is 1. The lowest BCUT2D eigenvalue weighted by Crippen LogP contribution is -2.48. The summed E-state index contributed by atoms with van der Waals surface area (Å²) in [6.07, 6.45) is 8.51. The summed E-state index contributed by atoms with van der Waals surface area (Å²) in [6, 6.07) is 3.78. The number of ether oxygens (including phenoxy) is 1. The van der Waals surface area contributed by atoms with E-state index in [-0.39, 0.29) is 5.54 Å².